The molecule has 4 aromatic rings. The second-order valence-electron chi connectivity index (χ2n) is 9.82. The van der Waals surface area contributed by atoms with Crippen LogP contribution in [0.15, 0.2) is 142 Å². The molecule has 0 heterocycles. The van der Waals surface area contributed by atoms with Gasteiger partial charge in [-0.3, -0.25) is 30.4 Å². The third-order valence-electron chi connectivity index (χ3n) is 6.45. The zero-order chi connectivity index (χ0) is 30.7. The predicted molar refractivity (Wildman–Crippen MR) is 182 cm³/mol. The Labute approximate surface area is 258 Å². The van der Waals surface area contributed by atoms with Crippen LogP contribution in [-0.2, 0) is 0 Å². The first kappa shape index (κ1) is 31.4. The van der Waals surface area contributed by atoms with Gasteiger partial charge in [-0.25, -0.2) is 0 Å². The summed E-state index contributed by atoms with van der Waals surface area (Å²) in [5.74, 6) is -0.383. The van der Waals surface area contributed by atoms with E-state index in [0.717, 1.165) is 37.1 Å². The van der Waals surface area contributed by atoms with Crippen LogP contribution >= 0.6 is 0 Å². The summed E-state index contributed by atoms with van der Waals surface area (Å²) in [6.07, 6.45) is 6.77. The summed E-state index contributed by atoms with van der Waals surface area (Å²) in [5.41, 5.74) is 9.08. The van der Waals surface area contributed by atoms with E-state index in [1.165, 1.54) is 0 Å². The first-order valence-corrected chi connectivity index (χ1v) is 14.7. The summed E-state index contributed by atoms with van der Waals surface area (Å²) in [7, 11) is 0. The average molecular weight is 585 g/mol. The molecule has 44 heavy (non-hydrogen) atoms. The van der Waals surface area contributed by atoms with Crippen LogP contribution in [0.25, 0.3) is 0 Å². The molecule has 4 aromatic carbocycles. The van der Waals surface area contributed by atoms with Crippen molar-refractivity contribution in [2.45, 2.75) is 25.7 Å². The van der Waals surface area contributed by atoms with E-state index in [-0.39, 0.29) is 23.0 Å². The maximum absolute atomic E-state index is 13.0. The fraction of sp³-hybridized carbons (Fsp3) is 0.167. The lowest BCUT2D eigenvalue weighted by Crippen LogP contribution is -2.18. The highest BCUT2D eigenvalue weighted by atomic mass is 16.1. The quantitative estimate of drug-likeness (QED) is 0.0584. The number of benzene rings is 4. The molecular formula is C36H36N6O2. The van der Waals surface area contributed by atoms with E-state index in [1.54, 1.807) is 36.7 Å². The number of unbranched alkanes of at least 4 members (excludes halogenated alkanes) is 3. The lowest BCUT2D eigenvalue weighted by Gasteiger charge is -2.04. The number of anilines is 2. The molecule has 0 unspecified atom stereocenters. The molecule has 0 saturated carbocycles. The lowest BCUT2D eigenvalue weighted by atomic mass is 10.1. The molecule has 0 saturated heterocycles. The summed E-state index contributed by atoms with van der Waals surface area (Å²) >= 11 is 0. The molecule has 0 aliphatic rings. The van der Waals surface area contributed by atoms with E-state index >= 15 is 0 Å². The van der Waals surface area contributed by atoms with Crippen molar-refractivity contribution in [3.05, 3.63) is 132 Å². The molecule has 0 bridgehead atoms. The minimum absolute atomic E-state index is 0.191. The number of carbonyl (C=O) groups excluding carboxylic acids is 2. The van der Waals surface area contributed by atoms with Crippen molar-refractivity contribution in [2.24, 2.45) is 20.2 Å². The number of rotatable bonds is 17. The smallest absolute Gasteiger partial charge is 0.214 e. The highest BCUT2D eigenvalue weighted by Crippen LogP contribution is 2.08. The SMILES string of the molecule is O=C(/C(C=NCCCCCCN=C/C(=N\Nc1ccccc1)C(=O)c1ccccc1)=N/Nc1ccccc1)c1ccccc1. The van der Waals surface area contributed by atoms with Gasteiger partial charge in [-0.05, 0) is 37.1 Å². The van der Waals surface area contributed by atoms with Crippen molar-refractivity contribution in [1.82, 2.24) is 0 Å². The fourth-order valence-corrected chi connectivity index (χ4v) is 4.09. The number of hydrogen-bond acceptors (Lipinski definition) is 8. The van der Waals surface area contributed by atoms with Gasteiger partial charge >= 0.3 is 0 Å². The zero-order valence-electron chi connectivity index (χ0n) is 24.5. The second kappa shape index (κ2) is 18.1. The van der Waals surface area contributed by atoms with Crippen LogP contribution in [0.4, 0.5) is 11.4 Å². The maximum Gasteiger partial charge on any atom is 0.214 e. The second-order valence-corrected chi connectivity index (χ2v) is 9.82. The zero-order valence-corrected chi connectivity index (χ0v) is 24.5. The number of carbonyl (C=O) groups is 2. The van der Waals surface area contributed by atoms with E-state index in [4.69, 9.17) is 0 Å². The van der Waals surface area contributed by atoms with Gasteiger partial charge in [0.15, 0.2) is 0 Å². The third-order valence-corrected chi connectivity index (χ3v) is 6.45. The highest BCUT2D eigenvalue weighted by Gasteiger charge is 2.13. The molecule has 0 aliphatic heterocycles. The molecule has 0 amide bonds. The Balaban J connectivity index is 1.24. The average Bonchev–Trinajstić information content (AvgIpc) is 3.09. The largest absolute Gasteiger partial charge is 0.291 e. The molecule has 0 fully saturated rings. The van der Waals surface area contributed by atoms with Crippen LogP contribution in [0.2, 0.25) is 0 Å². The molecule has 8 heteroatoms. The van der Waals surface area contributed by atoms with Gasteiger partial charge in [0.05, 0.1) is 23.8 Å². The molecule has 222 valence electrons. The Morgan fingerprint density at radius 3 is 1.18 bits per heavy atom. The van der Waals surface area contributed by atoms with E-state index in [1.807, 2.05) is 97.1 Å². The van der Waals surface area contributed by atoms with Gasteiger partial charge in [-0.2, -0.15) is 10.2 Å². The van der Waals surface area contributed by atoms with Gasteiger partial charge in [0.2, 0.25) is 11.6 Å². The molecular weight excluding hydrogens is 548 g/mol. The maximum atomic E-state index is 13.0. The van der Waals surface area contributed by atoms with Crippen LogP contribution in [-0.4, -0.2) is 48.5 Å². The number of nitrogens with one attached hydrogen (secondary N) is 2. The monoisotopic (exact) mass is 584 g/mol. The Morgan fingerprint density at radius 1 is 0.477 bits per heavy atom. The van der Waals surface area contributed by atoms with Crippen LogP contribution < -0.4 is 10.9 Å². The first-order valence-electron chi connectivity index (χ1n) is 14.7. The van der Waals surface area contributed by atoms with Crippen molar-refractivity contribution in [2.75, 3.05) is 23.9 Å². The third kappa shape index (κ3) is 10.7. The molecule has 0 atom stereocenters. The van der Waals surface area contributed by atoms with Crippen molar-refractivity contribution >= 4 is 46.8 Å². The first-order chi connectivity index (χ1) is 21.7. The lowest BCUT2D eigenvalue weighted by molar-refractivity contribution is 0.106. The molecule has 4 rings (SSSR count). The van der Waals surface area contributed by atoms with Gasteiger partial charge < -0.3 is 0 Å². The van der Waals surface area contributed by atoms with Crippen LogP contribution in [0.5, 0.6) is 0 Å². The Morgan fingerprint density at radius 2 is 0.818 bits per heavy atom. The van der Waals surface area contributed by atoms with E-state index in [0.29, 0.717) is 24.2 Å². The van der Waals surface area contributed by atoms with Crippen molar-refractivity contribution < 1.29 is 9.59 Å². The van der Waals surface area contributed by atoms with Gasteiger partial charge in [0.25, 0.3) is 0 Å². The van der Waals surface area contributed by atoms with Crippen LogP contribution in [0.3, 0.4) is 0 Å². The Hall–Kier alpha value is -5.50. The number of ketones is 2. The number of nitrogens with zero attached hydrogens (tertiary/aromatic N) is 4. The normalized spacial score (nSPS) is 12.0. The number of hydrazone groups is 2. The van der Waals surface area contributed by atoms with Gasteiger partial charge in [-0.1, -0.05) is 110 Å². The van der Waals surface area contributed by atoms with Crippen molar-refractivity contribution in [3.63, 3.8) is 0 Å². The molecule has 8 nitrogen and oxygen atoms in total. The van der Waals surface area contributed by atoms with E-state index in [9.17, 15) is 9.59 Å². The fourth-order valence-electron chi connectivity index (χ4n) is 4.09. The molecule has 0 radical (unpaired) electrons. The van der Waals surface area contributed by atoms with Crippen molar-refractivity contribution in [1.29, 1.82) is 0 Å². The van der Waals surface area contributed by atoms with Gasteiger partial charge in [-0.15, -0.1) is 0 Å². The van der Waals surface area contributed by atoms with Crippen LogP contribution in [0.1, 0.15) is 46.4 Å². The molecule has 0 aromatic heterocycles. The standard InChI is InChI=1S/C36H36N6O2/c43-35(29-17-7-3-8-18-29)33(41-39-31-21-11-5-12-22-31)27-37-25-15-1-2-16-26-38-28-34(36(44)30-19-9-4-10-20-30)42-40-32-23-13-6-14-24-32/h3-14,17-24,27-28,39-40H,1-2,15-16,25-26H2/b37-27?,38-28?,41-33+,42-34+. The summed E-state index contributed by atoms with van der Waals surface area (Å²) in [4.78, 5) is 35.0. The number of para-hydroxylation sites is 2. The minimum Gasteiger partial charge on any atom is -0.291 e. The number of hydrogen-bond donors (Lipinski definition) is 2. The van der Waals surface area contributed by atoms with E-state index in [2.05, 4.69) is 31.0 Å². The van der Waals surface area contributed by atoms with E-state index < -0.39 is 0 Å². The summed E-state index contributed by atoms with van der Waals surface area (Å²) in [6, 6.07) is 37.1. The summed E-state index contributed by atoms with van der Waals surface area (Å²) in [5, 5.41) is 8.66. The Kier molecular flexibility index (Phi) is 13.0. The summed E-state index contributed by atoms with van der Waals surface area (Å²) in [6.45, 7) is 1.17. The molecule has 0 aliphatic carbocycles. The molecule has 2 N–H and O–H groups in total. The van der Waals surface area contributed by atoms with Gasteiger partial charge in [0.1, 0.15) is 11.4 Å². The predicted octanol–water partition coefficient (Wildman–Crippen LogP) is 7.39. The summed E-state index contributed by atoms with van der Waals surface area (Å²) < 4.78 is 0. The van der Waals surface area contributed by atoms with Crippen LogP contribution in [0, 0.1) is 0 Å². The minimum atomic E-state index is -0.191. The van der Waals surface area contributed by atoms with Crippen molar-refractivity contribution in [3.8, 4) is 0 Å². The highest BCUT2D eigenvalue weighted by molar-refractivity contribution is 6.65. The van der Waals surface area contributed by atoms with Gasteiger partial charge in [0, 0.05) is 24.2 Å². The molecule has 0 spiro atoms. The number of aliphatic imine (C=N–C) groups is 2. The number of Topliss-reactive ketones (excluding diaryl/α,β-unsaturated/α-hetero) is 2. The Bertz CT molecular complexity index is 1450. The topological polar surface area (TPSA) is 108 Å².